The van der Waals surface area contributed by atoms with Gasteiger partial charge >= 0.3 is 0 Å². The van der Waals surface area contributed by atoms with E-state index in [2.05, 4.69) is 42.5 Å². The first-order chi connectivity index (χ1) is 8.11. The molecule has 0 fully saturated rings. The molecule has 92 valence electrons. The predicted octanol–water partition coefficient (Wildman–Crippen LogP) is 3.46. The van der Waals surface area contributed by atoms with Crippen LogP contribution in [0.2, 0.25) is 0 Å². The van der Waals surface area contributed by atoms with Crippen LogP contribution in [0.1, 0.15) is 31.4 Å². The summed E-state index contributed by atoms with van der Waals surface area (Å²) in [6.07, 6.45) is 3.67. The van der Waals surface area contributed by atoms with Crippen molar-refractivity contribution in [1.82, 2.24) is 0 Å². The molecule has 0 saturated heterocycles. The van der Waals surface area contributed by atoms with Crippen molar-refractivity contribution in [1.29, 1.82) is 0 Å². The quantitative estimate of drug-likeness (QED) is 0.469. The predicted molar refractivity (Wildman–Crippen MR) is 71.6 cm³/mol. The van der Waals surface area contributed by atoms with Crippen LogP contribution in [0.4, 0.5) is 0 Å². The van der Waals surface area contributed by atoms with E-state index < -0.39 is 0 Å². The Morgan fingerprint density at radius 2 is 2.06 bits per heavy atom. The summed E-state index contributed by atoms with van der Waals surface area (Å²) >= 11 is 0.594. The number of carbonyl (C=O) groups is 1. The summed E-state index contributed by atoms with van der Waals surface area (Å²) in [6.45, 7) is 5.71. The van der Waals surface area contributed by atoms with Crippen LogP contribution in [0.25, 0.3) is 0 Å². The van der Waals surface area contributed by atoms with E-state index in [0.29, 0.717) is 11.9 Å². The Bertz CT molecular complexity index is 398. The van der Waals surface area contributed by atoms with E-state index in [9.17, 15) is 9.59 Å². The van der Waals surface area contributed by atoms with Crippen molar-refractivity contribution in [2.24, 2.45) is 4.40 Å². The second-order valence-electron chi connectivity index (χ2n) is 3.44. The minimum atomic E-state index is -0.205. The van der Waals surface area contributed by atoms with Gasteiger partial charge in [-0.2, -0.15) is 0 Å². The Morgan fingerprint density at radius 3 is 2.47 bits per heavy atom. The minimum Gasteiger partial charge on any atom is -0.286 e. The van der Waals surface area contributed by atoms with Crippen LogP contribution in [0, 0.1) is 6.92 Å². The number of rotatable bonds is 3. The monoisotopic (exact) mass is 251 g/mol. The lowest BCUT2D eigenvalue weighted by atomic mass is 10.1. The van der Waals surface area contributed by atoms with E-state index in [-0.39, 0.29) is 5.12 Å². The molecule has 0 aromatic heterocycles. The van der Waals surface area contributed by atoms with E-state index >= 15 is 0 Å². The lowest BCUT2D eigenvalue weighted by molar-refractivity contribution is -0.109. The molecule has 0 amide bonds. The average molecular weight is 251 g/mol. The second-order valence-corrected chi connectivity index (χ2v) is 4.38. The highest BCUT2D eigenvalue weighted by Crippen LogP contribution is 2.08. The van der Waals surface area contributed by atoms with Gasteiger partial charge in [0.15, 0.2) is 0 Å². The topological polar surface area (TPSA) is 46.5 Å². The lowest BCUT2D eigenvalue weighted by Crippen LogP contribution is -1.85. The fraction of sp³-hybridized carbons (Fsp3) is 0.385. The molecule has 0 heterocycles. The van der Waals surface area contributed by atoms with Crippen LogP contribution in [-0.4, -0.2) is 11.2 Å². The smallest absolute Gasteiger partial charge is 0.247 e. The standard InChI is InChI=1S/C10H14.C3H3NO2S/c1-3-6-10-8-5-4-7-9(10)2;1-3(6)7-4-2-5/h4-5,7-8H,3,6H2,1-2H3;1H3. The van der Waals surface area contributed by atoms with Gasteiger partial charge < -0.3 is 0 Å². The molecule has 0 atom stereocenters. The first kappa shape index (κ1) is 15.6. The third-order valence-corrected chi connectivity index (χ3v) is 2.41. The summed E-state index contributed by atoms with van der Waals surface area (Å²) in [5.41, 5.74) is 2.91. The molecular formula is C13H17NO2S. The molecule has 1 rings (SSSR count). The van der Waals surface area contributed by atoms with E-state index in [1.165, 1.54) is 37.0 Å². The average Bonchev–Trinajstić information content (AvgIpc) is 2.30. The fourth-order valence-electron chi connectivity index (χ4n) is 1.24. The van der Waals surface area contributed by atoms with Crippen molar-refractivity contribution >= 4 is 23.1 Å². The SMILES string of the molecule is CC(=O)SN=C=O.CCCc1ccccc1C. The normalized spacial score (nSPS) is 8.65. The van der Waals surface area contributed by atoms with Crippen LogP contribution < -0.4 is 0 Å². The van der Waals surface area contributed by atoms with Gasteiger partial charge in [-0.1, -0.05) is 37.6 Å². The van der Waals surface area contributed by atoms with Gasteiger partial charge in [-0.15, -0.1) is 4.40 Å². The van der Waals surface area contributed by atoms with Crippen molar-refractivity contribution in [3.8, 4) is 0 Å². The minimum absolute atomic E-state index is 0.205. The van der Waals surface area contributed by atoms with E-state index in [4.69, 9.17) is 0 Å². The molecule has 1 aromatic rings. The van der Waals surface area contributed by atoms with Gasteiger partial charge in [0.05, 0.1) is 11.9 Å². The zero-order valence-electron chi connectivity index (χ0n) is 10.4. The maximum absolute atomic E-state index is 9.89. The van der Waals surface area contributed by atoms with Gasteiger partial charge in [0, 0.05) is 6.92 Å². The third-order valence-electron chi connectivity index (χ3n) is 1.99. The van der Waals surface area contributed by atoms with Gasteiger partial charge in [-0.05, 0) is 24.5 Å². The summed E-state index contributed by atoms with van der Waals surface area (Å²) in [7, 11) is 0. The Balaban J connectivity index is 0.000000325. The first-order valence-corrected chi connectivity index (χ1v) is 6.18. The third kappa shape index (κ3) is 8.43. The maximum Gasteiger partial charge on any atom is 0.247 e. The molecule has 0 N–H and O–H groups in total. The molecule has 1 aromatic carbocycles. The van der Waals surface area contributed by atoms with Gasteiger partial charge in [0.2, 0.25) is 11.2 Å². The highest BCUT2D eigenvalue weighted by molar-refractivity contribution is 8.12. The molecule has 0 unspecified atom stereocenters. The fourth-order valence-corrected chi connectivity index (χ4v) is 1.41. The second kappa shape index (κ2) is 9.82. The maximum atomic E-state index is 9.89. The van der Waals surface area contributed by atoms with Crippen LogP contribution in [0.15, 0.2) is 28.7 Å². The van der Waals surface area contributed by atoms with Gasteiger partial charge in [0.1, 0.15) is 0 Å². The number of carbonyl (C=O) groups excluding carboxylic acids is 2. The largest absolute Gasteiger partial charge is 0.286 e. The Hall–Kier alpha value is -1.38. The van der Waals surface area contributed by atoms with Crippen LogP contribution in [-0.2, 0) is 16.0 Å². The van der Waals surface area contributed by atoms with E-state index in [0.717, 1.165) is 0 Å². The van der Waals surface area contributed by atoms with Crippen molar-refractivity contribution < 1.29 is 9.59 Å². The number of hydrogen-bond acceptors (Lipinski definition) is 4. The molecule has 0 aliphatic rings. The molecule has 0 bridgehead atoms. The van der Waals surface area contributed by atoms with Crippen LogP contribution >= 0.6 is 11.9 Å². The van der Waals surface area contributed by atoms with Crippen molar-refractivity contribution in [2.45, 2.75) is 33.6 Å². The van der Waals surface area contributed by atoms with Gasteiger partial charge in [0.25, 0.3) is 0 Å². The number of benzene rings is 1. The molecule has 0 radical (unpaired) electrons. The van der Waals surface area contributed by atoms with Crippen molar-refractivity contribution in [3.63, 3.8) is 0 Å². The zero-order chi connectivity index (χ0) is 13.1. The number of aryl methyl sites for hydroxylation is 2. The highest BCUT2D eigenvalue weighted by Gasteiger charge is 1.92. The van der Waals surface area contributed by atoms with E-state index in [1.54, 1.807) is 0 Å². The number of nitrogens with zero attached hydrogens (tertiary/aromatic N) is 1. The van der Waals surface area contributed by atoms with Crippen LogP contribution in [0.5, 0.6) is 0 Å². The highest BCUT2D eigenvalue weighted by atomic mass is 32.2. The Labute approximate surface area is 106 Å². The summed E-state index contributed by atoms with van der Waals surface area (Å²) < 4.78 is 2.93. The molecule has 0 aliphatic heterocycles. The summed E-state index contributed by atoms with van der Waals surface area (Å²) in [5, 5.41) is -0.205. The van der Waals surface area contributed by atoms with Gasteiger partial charge in [-0.25, -0.2) is 4.79 Å². The molecule has 0 aliphatic carbocycles. The van der Waals surface area contributed by atoms with Crippen LogP contribution in [0.3, 0.4) is 0 Å². The molecule has 17 heavy (non-hydrogen) atoms. The molecule has 0 saturated carbocycles. The van der Waals surface area contributed by atoms with Gasteiger partial charge in [-0.3, -0.25) is 4.79 Å². The number of isocyanates is 1. The molecular weight excluding hydrogens is 234 g/mol. The Morgan fingerprint density at radius 1 is 1.41 bits per heavy atom. The lowest BCUT2D eigenvalue weighted by Gasteiger charge is -2.01. The summed E-state index contributed by atoms with van der Waals surface area (Å²) in [5.74, 6) is 0. The molecule has 0 spiro atoms. The summed E-state index contributed by atoms with van der Waals surface area (Å²) in [6, 6.07) is 8.58. The Kier molecular flexibility index (Phi) is 9.02. The van der Waals surface area contributed by atoms with Crippen molar-refractivity contribution in [2.75, 3.05) is 0 Å². The molecule has 4 heteroatoms. The zero-order valence-corrected chi connectivity index (χ0v) is 11.2. The molecule has 3 nitrogen and oxygen atoms in total. The number of hydrogen-bond donors (Lipinski definition) is 0. The first-order valence-electron chi connectivity index (χ1n) is 5.41. The summed E-state index contributed by atoms with van der Waals surface area (Å²) in [4.78, 5) is 19.1. The van der Waals surface area contributed by atoms with Crippen molar-refractivity contribution in [3.05, 3.63) is 35.4 Å². The van der Waals surface area contributed by atoms with E-state index in [1.807, 2.05) is 0 Å².